The molecule has 1 heterocycles. The molecule has 5 nitrogen and oxygen atoms in total. The second-order valence-corrected chi connectivity index (χ2v) is 7.08. The normalized spacial score (nSPS) is 12.1. The molecule has 108 valence electrons. The Kier molecular flexibility index (Phi) is 3.80. The lowest BCUT2D eigenvalue weighted by molar-refractivity contribution is 0.476. The van der Waals surface area contributed by atoms with E-state index in [0.717, 1.165) is 0 Å². The average molecular weight is 317 g/mol. The van der Waals surface area contributed by atoms with Crippen LogP contribution in [0.5, 0.6) is 5.75 Å². The van der Waals surface area contributed by atoms with Crippen LogP contribution in [0.25, 0.3) is 11.0 Å². The van der Waals surface area contributed by atoms with E-state index < -0.39 is 21.0 Å². The van der Waals surface area contributed by atoms with Crippen LogP contribution in [0, 0.1) is 6.92 Å². The first-order valence-corrected chi connectivity index (χ1v) is 7.73. The van der Waals surface area contributed by atoms with E-state index in [-0.39, 0.29) is 16.4 Å². The maximum Gasteiger partial charge on any atom is 0.355 e. The van der Waals surface area contributed by atoms with E-state index in [1.54, 1.807) is 13.0 Å². The van der Waals surface area contributed by atoms with Crippen molar-refractivity contribution in [2.75, 3.05) is 0 Å². The fourth-order valence-electron chi connectivity index (χ4n) is 1.60. The zero-order valence-corrected chi connectivity index (χ0v) is 12.7. The van der Waals surface area contributed by atoms with Gasteiger partial charge in [0.25, 0.3) is 0 Å². The van der Waals surface area contributed by atoms with Crippen LogP contribution in [0.15, 0.2) is 27.4 Å². The molecule has 2 aromatic rings. The summed E-state index contributed by atoms with van der Waals surface area (Å²) >= 11 is 5.81. The summed E-state index contributed by atoms with van der Waals surface area (Å²) in [5.74, 6) is 0.0936. The van der Waals surface area contributed by atoms with Gasteiger partial charge >= 0.3 is 15.7 Å². The van der Waals surface area contributed by atoms with Crippen molar-refractivity contribution >= 4 is 32.7 Å². The second kappa shape index (κ2) is 5.10. The second-order valence-electron chi connectivity index (χ2n) is 4.61. The number of benzene rings is 1. The van der Waals surface area contributed by atoms with Gasteiger partial charge in [-0.15, -0.1) is 0 Å². The SMILES string of the molecule is Cc1c(Cl)c(=O)oc2cc(OS(=O)(=O)C(C)C)ccc12. The molecular weight excluding hydrogens is 304 g/mol. The maximum absolute atomic E-state index is 11.7. The Morgan fingerprint density at radius 2 is 1.95 bits per heavy atom. The molecule has 0 bridgehead atoms. The monoisotopic (exact) mass is 316 g/mol. The van der Waals surface area contributed by atoms with E-state index >= 15 is 0 Å². The minimum atomic E-state index is -3.69. The number of hydrogen-bond acceptors (Lipinski definition) is 5. The molecule has 0 spiro atoms. The lowest BCUT2D eigenvalue weighted by Crippen LogP contribution is -2.20. The van der Waals surface area contributed by atoms with Gasteiger partial charge in [0.05, 0.1) is 5.25 Å². The van der Waals surface area contributed by atoms with E-state index in [2.05, 4.69) is 0 Å². The molecule has 0 atom stereocenters. The summed E-state index contributed by atoms with van der Waals surface area (Å²) in [5, 5.41) is -0.0259. The highest BCUT2D eigenvalue weighted by Gasteiger charge is 2.19. The number of hydrogen-bond donors (Lipinski definition) is 0. The molecule has 0 amide bonds. The van der Waals surface area contributed by atoms with Crippen molar-refractivity contribution in [3.8, 4) is 5.75 Å². The minimum absolute atomic E-state index is 0.0148. The van der Waals surface area contributed by atoms with Crippen molar-refractivity contribution in [3.63, 3.8) is 0 Å². The van der Waals surface area contributed by atoms with Gasteiger partial charge in [0.1, 0.15) is 16.4 Å². The molecule has 0 unspecified atom stereocenters. The first kappa shape index (κ1) is 14.9. The Morgan fingerprint density at radius 1 is 1.30 bits per heavy atom. The summed E-state index contributed by atoms with van der Waals surface area (Å²) in [5.41, 5.74) is 0.144. The highest BCUT2D eigenvalue weighted by molar-refractivity contribution is 7.87. The van der Waals surface area contributed by atoms with Gasteiger partial charge in [-0.3, -0.25) is 0 Å². The van der Waals surface area contributed by atoms with Gasteiger partial charge in [0, 0.05) is 11.5 Å². The van der Waals surface area contributed by atoms with Crippen LogP contribution >= 0.6 is 11.6 Å². The molecule has 1 aromatic heterocycles. The lowest BCUT2D eigenvalue weighted by Gasteiger charge is -2.10. The summed E-state index contributed by atoms with van der Waals surface area (Å²) in [4.78, 5) is 11.5. The molecule has 7 heteroatoms. The number of aryl methyl sites for hydroxylation is 1. The standard InChI is InChI=1S/C13H13ClO5S/c1-7(2)20(16,17)19-9-4-5-10-8(3)12(14)13(15)18-11(10)6-9/h4-7H,1-3H3. The third-order valence-electron chi connectivity index (χ3n) is 2.86. The van der Waals surface area contributed by atoms with Gasteiger partial charge in [-0.25, -0.2) is 4.79 Å². The molecule has 1 aromatic carbocycles. The summed E-state index contributed by atoms with van der Waals surface area (Å²) < 4.78 is 33.4. The Bertz CT molecular complexity index is 821. The maximum atomic E-state index is 11.7. The van der Waals surface area contributed by atoms with Gasteiger partial charge in [0.2, 0.25) is 0 Å². The van der Waals surface area contributed by atoms with Gasteiger partial charge in [-0.2, -0.15) is 8.42 Å². The molecule has 0 radical (unpaired) electrons. The Balaban J connectivity index is 2.56. The van der Waals surface area contributed by atoms with Crippen molar-refractivity contribution in [2.24, 2.45) is 0 Å². The summed E-state index contributed by atoms with van der Waals surface area (Å²) in [6, 6.07) is 4.45. The molecule has 0 saturated carbocycles. The average Bonchev–Trinajstić information content (AvgIpc) is 2.35. The molecule has 0 aliphatic rings. The topological polar surface area (TPSA) is 73.6 Å². The number of fused-ring (bicyclic) bond motifs is 1. The van der Waals surface area contributed by atoms with Crippen molar-refractivity contribution in [3.05, 3.63) is 39.2 Å². The predicted molar refractivity (Wildman–Crippen MR) is 76.9 cm³/mol. The molecule has 0 N–H and O–H groups in total. The van der Waals surface area contributed by atoms with Crippen molar-refractivity contribution in [1.82, 2.24) is 0 Å². The van der Waals surface area contributed by atoms with Crippen molar-refractivity contribution in [2.45, 2.75) is 26.0 Å². The Hall–Kier alpha value is -1.53. The van der Waals surface area contributed by atoms with Crippen LogP contribution in [0.4, 0.5) is 0 Å². The fraction of sp³-hybridized carbons (Fsp3) is 0.308. The molecule has 20 heavy (non-hydrogen) atoms. The quantitative estimate of drug-likeness (QED) is 0.643. The van der Waals surface area contributed by atoms with Crippen molar-refractivity contribution < 1.29 is 17.0 Å². The molecule has 0 aliphatic carbocycles. The fourth-order valence-corrected chi connectivity index (χ4v) is 2.30. The van der Waals surface area contributed by atoms with Gasteiger partial charge in [-0.1, -0.05) is 11.6 Å². The van der Waals surface area contributed by atoms with Gasteiger partial charge < -0.3 is 8.60 Å². The van der Waals surface area contributed by atoms with Crippen LogP contribution in [0.3, 0.4) is 0 Å². The summed E-state index contributed by atoms with van der Waals surface area (Å²) in [6.45, 7) is 4.72. The Morgan fingerprint density at radius 3 is 2.55 bits per heavy atom. The van der Waals surface area contributed by atoms with Crippen LogP contribution < -0.4 is 9.81 Å². The number of rotatable bonds is 3. The molecular formula is C13H13ClO5S. The van der Waals surface area contributed by atoms with E-state index in [9.17, 15) is 13.2 Å². The lowest BCUT2D eigenvalue weighted by atomic mass is 10.1. The smallest absolute Gasteiger partial charge is 0.355 e. The first-order valence-electron chi connectivity index (χ1n) is 5.88. The van der Waals surface area contributed by atoms with Crippen LogP contribution in [-0.4, -0.2) is 13.7 Å². The summed E-state index contributed by atoms with van der Waals surface area (Å²) in [6.07, 6.45) is 0. The highest BCUT2D eigenvalue weighted by Crippen LogP contribution is 2.26. The highest BCUT2D eigenvalue weighted by atomic mass is 35.5. The number of halogens is 1. The van der Waals surface area contributed by atoms with Crippen LogP contribution in [0.1, 0.15) is 19.4 Å². The molecule has 0 saturated heterocycles. The third-order valence-corrected chi connectivity index (χ3v) is 4.88. The van der Waals surface area contributed by atoms with Gasteiger partial charge in [-0.05, 0) is 38.5 Å². The predicted octanol–water partition coefficient (Wildman–Crippen LogP) is 2.87. The van der Waals surface area contributed by atoms with E-state index in [1.165, 1.54) is 26.0 Å². The first-order chi connectivity index (χ1) is 9.22. The molecule has 2 rings (SSSR count). The van der Waals surface area contributed by atoms with Crippen LogP contribution in [0.2, 0.25) is 5.02 Å². The molecule has 0 aliphatic heterocycles. The molecule has 0 fully saturated rings. The van der Waals surface area contributed by atoms with Crippen molar-refractivity contribution in [1.29, 1.82) is 0 Å². The van der Waals surface area contributed by atoms with Gasteiger partial charge in [0.15, 0.2) is 0 Å². The minimum Gasteiger partial charge on any atom is -0.421 e. The summed E-state index contributed by atoms with van der Waals surface area (Å²) in [7, 11) is -3.69. The Labute approximate surface area is 121 Å². The zero-order valence-electron chi connectivity index (χ0n) is 11.1. The largest absolute Gasteiger partial charge is 0.421 e. The van der Waals surface area contributed by atoms with E-state index in [0.29, 0.717) is 10.9 Å². The van der Waals surface area contributed by atoms with E-state index in [1.807, 2.05) is 0 Å². The van der Waals surface area contributed by atoms with E-state index in [4.69, 9.17) is 20.2 Å². The third kappa shape index (κ3) is 2.66. The van der Waals surface area contributed by atoms with Crippen LogP contribution in [-0.2, 0) is 10.1 Å². The zero-order chi connectivity index (χ0) is 15.1.